The molecular weight excluding hydrogens is 378 g/mol. The van der Waals surface area contributed by atoms with E-state index in [-0.39, 0.29) is 12.2 Å². The number of pyridine rings is 2. The van der Waals surface area contributed by atoms with Crippen LogP contribution in [-0.4, -0.2) is 15.6 Å². The van der Waals surface area contributed by atoms with Crippen molar-refractivity contribution in [2.24, 2.45) is 0 Å². The molecule has 1 amide bonds. The molecule has 0 fully saturated rings. The molecule has 6 heteroatoms. The fourth-order valence-electron chi connectivity index (χ4n) is 3.31. The van der Waals surface area contributed by atoms with Gasteiger partial charge in [0.25, 0.3) is 11.5 Å². The monoisotopic (exact) mass is 399 g/mol. The Bertz CT molecular complexity index is 1240. The average molecular weight is 399 g/mol. The molecule has 2 aromatic heterocycles. The first kappa shape index (κ1) is 19.4. The van der Waals surface area contributed by atoms with E-state index < -0.39 is 11.5 Å². The first-order chi connectivity index (χ1) is 14.6. The topological polar surface area (TPSA) is 73.2 Å². The minimum atomic E-state index is -0.528. The van der Waals surface area contributed by atoms with Crippen molar-refractivity contribution >= 4 is 16.9 Å². The van der Waals surface area contributed by atoms with E-state index in [1.165, 1.54) is 0 Å². The lowest BCUT2D eigenvalue weighted by Gasteiger charge is -2.15. The van der Waals surface area contributed by atoms with Gasteiger partial charge in [0.2, 0.25) is 0 Å². The lowest BCUT2D eigenvalue weighted by Crippen LogP contribution is -2.37. The molecule has 0 spiro atoms. The van der Waals surface area contributed by atoms with Crippen LogP contribution >= 0.6 is 0 Å². The molecule has 0 aliphatic rings. The zero-order valence-electron chi connectivity index (χ0n) is 16.5. The Hall–Kier alpha value is -3.93. The zero-order chi connectivity index (χ0) is 20.9. The molecule has 0 bridgehead atoms. The van der Waals surface area contributed by atoms with Gasteiger partial charge in [-0.05, 0) is 35.7 Å². The first-order valence-electron chi connectivity index (χ1n) is 9.65. The molecule has 0 aliphatic heterocycles. The van der Waals surface area contributed by atoms with Gasteiger partial charge in [-0.3, -0.25) is 9.59 Å². The van der Waals surface area contributed by atoms with Crippen LogP contribution in [0.4, 0.5) is 0 Å². The molecule has 2 heterocycles. The number of hydrogen-bond acceptors (Lipinski definition) is 4. The normalized spacial score (nSPS) is 10.7. The smallest absolute Gasteiger partial charge is 0.298 e. The third kappa shape index (κ3) is 3.93. The van der Waals surface area contributed by atoms with Crippen LogP contribution < -0.4 is 15.7 Å². The molecule has 6 nitrogen and oxygen atoms in total. The Morgan fingerprint density at radius 2 is 1.63 bits per heavy atom. The summed E-state index contributed by atoms with van der Waals surface area (Å²) in [6.45, 7) is 2.26. The number of aryl methyl sites for hydroxylation is 1. The minimum Gasteiger partial charge on any atom is -0.404 e. The summed E-state index contributed by atoms with van der Waals surface area (Å²) in [6, 6.07) is 22.7. The van der Waals surface area contributed by atoms with Crippen LogP contribution in [0, 0.1) is 6.92 Å². The van der Waals surface area contributed by atoms with E-state index in [4.69, 9.17) is 4.84 Å². The quantitative estimate of drug-likeness (QED) is 0.540. The summed E-state index contributed by atoms with van der Waals surface area (Å²) in [7, 11) is 0. The number of carbonyl (C=O) groups excluding carboxylic acids is 1. The summed E-state index contributed by atoms with van der Waals surface area (Å²) in [6.07, 6.45) is 1.60. The van der Waals surface area contributed by atoms with Gasteiger partial charge in [-0.1, -0.05) is 60.7 Å². The first-order valence-corrected chi connectivity index (χ1v) is 9.65. The number of aromatic nitrogens is 2. The van der Waals surface area contributed by atoms with E-state index in [1.807, 2.05) is 66.7 Å². The lowest BCUT2D eigenvalue weighted by molar-refractivity contribution is 0.0895. The molecule has 1 N–H and O–H groups in total. The summed E-state index contributed by atoms with van der Waals surface area (Å²) < 4.78 is 1.12. The number of hydrogen-bond donors (Lipinski definition) is 1. The summed E-state index contributed by atoms with van der Waals surface area (Å²) >= 11 is 0. The highest BCUT2D eigenvalue weighted by Crippen LogP contribution is 2.17. The maximum Gasteiger partial charge on any atom is 0.298 e. The van der Waals surface area contributed by atoms with Crippen LogP contribution in [-0.2, 0) is 13.2 Å². The number of nitrogens with zero attached hydrogens (tertiary/aromatic N) is 2. The van der Waals surface area contributed by atoms with Gasteiger partial charge in [0, 0.05) is 18.1 Å². The van der Waals surface area contributed by atoms with Crippen LogP contribution in [0.2, 0.25) is 0 Å². The highest BCUT2D eigenvalue weighted by molar-refractivity contribution is 5.99. The molecule has 2 aromatic carbocycles. The van der Waals surface area contributed by atoms with Crippen molar-refractivity contribution in [2.45, 2.75) is 20.1 Å². The van der Waals surface area contributed by atoms with Gasteiger partial charge in [0.1, 0.15) is 12.2 Å². The zero-order valence-corrected chi connectivity index (χ0v) is 16.5. The number of nitrogens with one attached hydrogen (secondary N) is 1. The van der Waals surface area contributed by atoms with Crippen LogP contribution in [0.5, 0.6) is 0 Å². The van der Waals surface area contributed by atoms with Crippen molar-refractivity contribution in [2.75, 3.05) is 0 Å². The maximum absolute atomic E-state index is 13.2. The predicted molar refractivity (Wildman–Crippen MR) is 115 cm³/mol. The van der Waals surface area contributed by atoms with Gasteiger partial charge < -0.3 is 10.2 Å². The highest BCUT2D eigenvalue weighted by Gasteiger charge is 2.21. The maximum atomic E-state index is 13.2. The van der Waals surface area contributed by atoms with Gasteiger partial charge in [0.05, 0.1) is 0 Å². The Labute approximate surface area is 173 Å². The Morgan fingerprint density at radius 1 is 0.967 bits per heavy atom. The van der Waals surface area contributed by atoms with Gasteiger partial charge in [-0.15, -0.1) is 4.73 Å². The summed E-state index contributed by atoms with van der Waals surface area (Å²) in [5.74, 6) is -0.441. The van der Waals surface area contributed by atoms with Gasteiger partial charge >= 0.3 is 0 Å². The molecule has 0 aliphatic carbocycles. The van der Waals surface area contributed by atoms with Crippen molar-refractivity contribution in [3.8, 4) is 0 Å². The van der Waals surface area contributed by atoms with Gasteiger partial charge in [0.15, 0.2) is 5.65 Å². The largest absolute Gasteiger partial charge is 0.404 e. The number of carbonyl (C=O) groups is 1. The fourth-order valence-corrected chi connectivity index (χ4v) is 3.31. The van der Waals surface area contributed by atoms with Crippen LogP contribution in [0.1, 0.15) is 27.0 Å². The van der Waals surface area contributed by atoms with Gasteiger partial charge in [-0.25, -0.2) is 4.98 Å². The summed E-state index contributed by atoms with van der Waals surface area (Å²) in [5, 5.41) is 3.52. The molecule has 0 saturated carbocycles. The number of rotatable bonds is 6. The second-order valence-electron chi connectivity index (χ2n) is 6.90. The molecular formula is C24H21N3O3. The van der Waals surface area contributed by atoms with Crippen molar-refractivity contribution in [1.82, 2.24) is 15.0 Å². The van der Waals surface area contributed by atoms with E-state index in [9.17, 15) is 9.59 Å². The van der Waals surface area contributed by atoms with Crippen LogP contribution in [0.15, 0.2) is 83.8 Å². The van der Waals surface area contributed by atoms with Crippen LogP contribution in [0.25, 0.3) is 11.0 Å². The SMILES string of the molecule is Cc1c(C(=O)NCc2ccccc2)c(=O)n(OCc2ccccc2)c2ncccc12. The predicted octanol–water partition coefficient (Wildman–Crippen LogP) is 3.26. The van der Waals surface area contributed by atoms with Crippen molar-refractivity contribution in [1.29, 1.82) is 0 Å². The molecule has 150 valence electrons. The third-order valence-electron chi connectivity index (χ3n) is 4.88. The van der Waals surface area contributed by atoms with Crippen LogP contribution in [0.3, 0.4) is 0 Å². The molecule has 0 unspecified atom stereocenters. The molecule has 0 atom stereocenters. The van der Waals surface area contributed by atoms with E-state index >= 15 is 0 Å². The average Bonchev–Trinajstić information content (AvgIpc) is 2.79. The lowest BCUT2D eigenvalue weighted by atomic mass is 10.1. The van der Waals surface area contributed by atoms with Crippen molar-refractivity contribution in [3.63, 3.8) is 0 Å². The van der Waals surface area contributed by atoms with Gasteiger partial charge in [-0.2, -0.15) is 0 Å². The second-order valence-corrected chi connectivity index (χ2v) is 6.90. The Balaban J connectivity index is 1.70. The van der Waals surface area contributed by atoms with E-state index in [2.05, 4.69) is 10.3 Å². The molecule has 4 aromatic rings. The third-order valence-corrected chi connectivity index (χ3v) is 4.88. The number of benzene rings is 2. The minimum absolute atomic E-state index is 0.0551. The standard InChI is InChI=1S/C24H21N3O3/c1-17-20-13-8-14-25-22(20)27(30-16-19-11-6-3-7-12-19)24(29)21(17)23(28)26-15-18-9-4-2-5-10-18/h2-14H,15-16H2,1H3,(H,26,28). The van der Waals surface area contributed by atoms with E-state index in [0.717, 1.165) is 15.9 Å². The Morgan fingerprint density at radius 3 is 2.33 bits per heavy atom. The highest BCUT2D eigenvalue weighted by atomic mass is 16.7. The molecule has 0 radical (unpaired) electrons. The van der Waals surface area contributed by atoms with E-state index in [0.29, 0.717) is 23.1 Å². The molecule has 30 heavy (non-hydrogen) atoms. The summed E-state index contributed by atoms with van der Waals surface area (Å²) in [5.41, 5.74) is 2.35. The van der Waals surface area contributed by atoms with E-state index in [1.54, 1.807) is 19.2 Å². The fraction of sp³-hybridized carbons (Fsp3) is 0.125. The molecule has 0 saturated heterocycles. The molecule has 4 rings (SSSR count). The Kier molecular flexibility index (Phi) is 5.57. The van der Waals surface area contributed by atoms with Crippen molar-refractivity contribution < 1.29 is 9.63 Å². The number of fused-ring (bicyclic) bond motifs is 1. The van der Waals surface area contributed by atoms with Crippen molar-refractivity contribution in [3.05, 3.63) is 112 Å². The second kappa shape index (κ2) is 8.61. The summed E-state index contributed by atoms with van der Waals surface area (Å²) in [4.78, 5) is 36.3. The number of amides is 1.